The largest absolute Gasteiger partial charge is 0.465 e. The summed E-state index contributed by atoms with van der Waals surface area (Å²) in [6.07, 6.45) is -2.32. The van der Waals surface area contributed by atoms with Crippen molar-refractivity contribution in [3.8, 4) is 22.5 Å². The molecular weight excluding hydrogens is 491 g/mol. The highest BCUT2D eigenvalue weighted by atomic mass is 19.4. The fourth-order valence-corrected chi connectivity index (χ4v) is 4.73. The lowest BCUT2D eigenvalue weighted by molar-refractivity contribution is -0.137. The number of hydrogen-bond donors (Lipinski definition) is 3. The molecule has 13 heteroatoms. The molecule has 5 rings (SSSR count). The number of rotatable bonds is 4. The fourth-order valence-electron chi connectivity index (χ4n) is 4.73. The molecule has 1 aliphatic rings. The van der Waals surface area contributed by atoms with Gasteiger partial charge in [0.15, 0.2) is 0 Å². The van der Waals surface area contributed by atoms with Crippen molar-refractivity contribution in [3.63, 3.8) is 0 Å². The van der Waals surface area contributed by atoms with E-state index >= 15 is 0 Å². The van der Waals surface area contributed by atoms with Crippen LogP contribution >= 0.6 is 0 Å². The van der Waals surface area contributed by atoms with Gasteiger partial charge in [0.05, 0.1) is 22.6 Å². The summed E-state index contributed by atoms with van der Waals surface area (Å²) < 4.78 is 47.0. The molecule has 1 fully saturated rings. The summed E-state index contributed by atoms with van der Waals surface area (Å²) in [4.78, 5) is 28.5. The first-order chi connectivity index (χ1) is 17.5. The maximum absolute atomic E-state index is 13.9. The topological polar surface area (TPSA) is 133 Å². The van der Waals surface area contributed by atoms with E-state index in [2.05, 4.69) is 30.4 Å². The number of nitrogens with one attached hydrogen (secondary N) is 2. The van der Waals surface area contributed by atoms with Crippen molar-refractivity contribution in [1.82, 2.24) is 30.0 Å². The van der Waals surface area contributed by atoms with Gasteiger partial charge >= 0.3 is 12.3 Å². The van der Waals surface area contributed by atoms with E-state index in [4.69, 9.17) is 4.52 Å². The van der Waals surface area contributed by atoms with Crippen molar-refractivity contribution in [3.05, 3.63) is 41.5 Å². The molecule has 5 heterocycles. The number of aromatic amines is 1. The Kier molecular flexibility index (Phi) is 6.00. The lowest BCUT2D eigenvalue weighted by atomic mass is 10.00. The van der Waals surface area contributed by atoms with Crippen LogP contribution in [0, 0.1) is 13.8 Å². The van der Waals surface area contributed by atoms with E-state index in [0.29, 0.717) is 41.0 Å². The molecule has 1 amide bonds. The van der Waals surface area contributed by atoms with Crippen molar-refractivity contribution in [2.24, 2.45) is 0 Å². The summed E-state index contributed by atoms with van der Waals surface area (Å²) >= 11 is 0. The standard InChI is InChI=1S/C24H24F3N7O3/c1-11-4-5-14(10-34(11)23(35)36)30-22-29-9-17(24(25,26)27)20(32-22)16-8-28-21-15(16)6-7-18(31-21)19-12(2)33-37-13(19)3/h6-9,11,14H,4-5,10H2,1-3H3,(H,28,31)(H,35,36)(H,29,30,32)/t11-,14-/m0/s1. The first-order valence-electron chi connectivity index (χ1n) is 11.6. The van der Waals surface area contributed by atoms with Crippen LogP contribution in [0.1, 0.15) is 36.8 Å². The number of fused-ring (bicyclic) bond motifs is 1. The minimum atomic E-state index is -4.69. The van der Waals surface area contributed by atoms with Gasteiger partial charge in [-0.25, -0.2) is 19.7 Å². The number of piperidine rings is 1. The molecule has 194 valence electrons. The lowest BCUT2D eigenvalue weighted by Crippen LogP contribution is -2.49. The van der Waals surface area contributed by atoms with Crippen LogP contribution in [-0.2, 0) is 6.18 Å². The van der Waals surface area contributed by atoms with Crippen molar-refractivity contribution in [2.45, 2.75) is 51.9 Å². The Morgan fingerprint density at radius 3 is 2.70 bits per heavy atom. The van der Waals surface area contributed by atoms with Gasteiger partial charge in [0.1, 0.15) is 17.0 Å². The maximum Gasteiger partial charge on any atom is 0.419 e. The molecule has 0 radical (unpaired) electrons. The van der Waals surface area contributed by atoms with Crippen molar-refractivity contribution < 1.29 is 27.6 Å². The summed E-state index contributed by atoms with van der Waals surface area (Å²) in [7, 11) is 0. The number of nitrogens with zero attached hydrogens (tertiary/aromatic N) is 5. The quantitative estimate of drug-likeness (QED) is 0.336. The third-order valence-electron chi connectivity index (χ3n) is 6.64. The van der Waals surface area contributed by atoms with Gasteiger partial charge < -0.3 is 24.8 Å². The summed E-state index contributed by atoms with van der Waals surface area (Å²) in [5.41, 5.74) is 1.26. The predicted molar refractivity (Wildman–Crippen MR) is 128 cm³/mol. The van der Waals surface area contributed by atoms with Gasteiger partial charge in [0.2, 0.25) is 5.95 Å². The number of aryl methyl sites for hydroxylation is 2. The average molecular weight is 515 g/mol. The summed E-state index contributed by atoms with van der Waals surface area (Å²) in [6.45, 7) is 5.54. The summed E-state index contributed by atoms with van der Waals surface area (Å²) in [6, 6.07) is 2.90. The number of likely N-dealkylation sites (tertiary alicyclic amines) is 1. The highest BCUT2D eigenvalue weighted by Gasteiger charge is 2.37. The number of carboxylic acid groups (broad SMARTS) is 1. The average Bonchev–Trinajstić information content (AvgIpc) is 3.41. The van der Waals surface area contributed by atoms with Gasteiger partial charge in [-0.2, -0.15) is 13.2 Å². The maximum atomic E-state index is 13.9. The molecule has 10 nitrogen and oxygen atoms in total. The van der Waals surface area contributed by atoms with Crippen LogP contribution in [0.3, 0.4) is 0 Å². The second-order valence-corrected chi connectivity index (χ2v) is 9.15. The number of amides is 1. The molecule has 3 N–H and O–H groups in total. The van der Waals surface area contributed by atoms with Gasteiger partial charge in [-0.1, -0.05) is 5.16 Å². The van der Waals surface area contributed by atoms with E-state index < -0.39 is 17.8 Å². The minimum absolute atomic E-state index is 0.0115. The number of halogens is 3. The molecule has 0 unspecified atom stereocenters. The van der Waals surface area contributed by atoms with E-state index in [9.17, 15) is 23.1 Å². The second-order valence-electron chi connectivity index (χ2n) is 9.15. The van der Waals surface area contributed by atoms with Gasteiger partial charge in [0, 0.05) is 42.0 Å². The number of aromatic nitrogens is 5. The molecule has 2 atom stereocenters. The third-order valence-corrected chi connectivity index (χ3v) is 6.64. The zero-order chi connectivity index (χ0) is 26.5. The van der Waals surface area contributed by atoms with E-state index in [1.165, 1.54) is 11.1 Å². The van der Waals surface area contributed by atoms with Crippen molar-refractivity contribution in [2.75, 3.05) is 11.9 Å². The Morgan fingerprint density at radius 2 is 2.03 bits per heavy atom. The van der Waals surface area contributed by atoms with Gasteiger partial charge in [-0.15, -0.1) is 0 Å². The van der Waals surface area contributed by atoms with Crippen molar-refractivity contribution >= 4 is 23.1 Å². The predicted octanol–water partition coefficient (Wildman–Crippen LogP) is 5.25. The number of alkyl halides is 3. The van der Waals surface area contributed by atoms with Crippen LogP contribution in [0.2, 0.25) is 0 Å². The summed E-state index contributed by atoms with van der Waals surface area (Å²) in [5, 5.41) is 16.8. The zero-order valence-electron chi connectivity index (χ0n) is 20.2. The molecule has 0 bridgehead atoms. The fraction of sp³-hybridized carbons (Fsp3) is 0.375. The molecule has 37 heavy (non-hydrogen) atoms. The lowest BCUT2D eigenvalue weighted by Gasteiger charge is -2.36. The Bertz CT molecular complexity index is 1460. The van der Waals surface area contributed by atoms with E-state index in [-0.39, 0.29) is 35.8 Å². The second kappa shape index (κ2) is 9.05. The smallest absolute Gasteiger partial charge is 0.419 e. The van der Waals surface area contributed by atoms with Crippen LogP contribution in [0.15, 0.2) is 29.0 Å². The monoisotopic (exact) mass is 515 g/mol. The Labute approximate surface area is 208 Å². The Balaban J connectivity index is 1.52. The number of anilines is 1. The van der Waals surface area contributed by atoms with Crippen LogP contribution in [-0.4, -0.2) is 59.8 Å². The van der Waals surface area contributed by atoms with E-state index in [1.54, 1.807) is 26.0 Å². The normalized spacial score (nSPS) is 18.4. The van der Waals surface area contributed by atoms with Crippen LogP contribution < -0.4 is 5.32 Å². The van der Waals surface area contributed by atoms with Crippen LogP contribution in [0.4, 0.5) is 23.9 Å². The highest BCUT2D eigenvalue weighted by Crippen LogP contribution is 2.39. The zero-order valence-corrected chi connectivity index (χ0v) is 20.2. The number of H-pyrrole nitrogens is 1. The molecule has 0 aromatic carbocycles. The molecule has 0 saturated carbocycles. The molecular formula is C24H24F3N7O3. The minimum Gasteiger partial charge on any atom is -0.465 e. The SMILES string of the molecule is Cc1noc(C)c1-c1ccc2c(-c3nc(N[C@H]4CC[C@H](C)N(C(=O)O)C4)ncc3C(F)(F)F)c[nH]c2n1. The van der Waals surface area contributed by atoms with Gasteiger partial charge in [-0.3, -0.25) is 0 Å². The molecule has 0 aliphatic carbocycles. The first-order valence-corrected chi connectivity index (χ1v) is 11.6. The van der Waals surface area contributed by atoms with Crippen LogP contribution in [0.25, 0.3) is 33.5 Å². The molecule has 4 aromatic rings. The van der Waals surface area contributed by atoms with Gasteiger partial charge in [-0.05, 0) is 45.7 Å². The first kappa shape index (κ1) is 24.5. The van der Waals surface area contributed by atoms with E-state index in [0.717, 1.165) is 11.8 Å². The van der Waals surface area contributed by atoms with Crippen molar-refractivity contribution in [1.29, 1.82) is 0 Å². The molecule has 1 saturated heterocycles. The third kappa shape index (κ3) is 4.56. The number of pyridine rings is 1. The number of hydrogen-bond acceptors (Lipinski definition) is 7. The Morgan fingerprint density at radius 1 is 1.24 bits per heavy atom. The molecule has 0 spiro atoms. The molecule has 4 aromatic heterocycles. The van der Waals surface area contributed by atoms with E-state index in [1.807, 2.05) is 6.92 Å². The highest BCUT2D eigenvalue weighted by molar-refractivity contribution is 5.94. The summed E-state index contributed by atoms with van der Waals surface area (Å²) in [5.74, 6) is 0.572. The van der Waals surface area contributed by atoms with Crippen LogP contribution in [0.5, 0.6) is 0 Å². The molecule has 1 aliphatic heterocycles. The Hall–Kier alpha value is -4.16. The van der Waals surface area contributed by atoms with Gasteiger partial charge in [0.25, 0.3) is 0 Å². The number of carbonyl (C=O) groups is 1.